The van der Waals surface area contributed by atoms with Crippen LogP contribution in [0.15, 0.2) is 66.9 Å². The van der Waals surface area contributed by atoms with Crippen LogP contribution in [0.5, 0.6) is 0 Å². The van der Waals surface area contributed by atoms with Gasteiger partial charge in [0.2, 0.25) is 0 Å². The Morgan fingerprint density at radius 3 is 1.66 bits per heavy atom. The van der Waals surface area contributed by atoms with Gasteiger partial charge in [-0.05, 0) is 101 Å². The van der Waals surface area contributed by atoms with Crippen LogP contribution in [-0.4, -0.2) is 127 Å². The number of nitrogens with zero attached hydrogens (tertiary/aromatic N) is 8. The van der Waals surface area contributed by atoms with Crippen LogP contribution in [0.25, 0.3) is 22.8 Å². The fourth-order valence-electron chi connectivity index (χ4n) is 8.21. The van der Waals surface area contributed by atoms with Crippen molar-refractivity contribution in [3.05, 3.63) is 101 Å². The number of amides is 5. The lowest BCUT2D eigenvalue weighted by atomic mass is 10.0. The number of carbonyl (C=O) groups is 3. The summed E-state index contributed by atoms with van der Waals surface area (Å²) < 4.78 is 11.1. The third-order valence-corrected chi connectivity index (χ3v) is 11.6. The van der Waals surface area contributed by atoms with Crippen LogP contribution in [-0.2, 0) is 35.4 Å². The van der Waals surface area contributed by atoms with Gasteiger partial charge in [-0.3, -0.25) is 9.78 Å². The largest absolute Gasteiger partial charge is 0.378 e. The number of pyridine rings is 1. The van der Waals surface area contributed by atoms with Crippen molar-refractivity contribution in [1.29, 1.82) is 0 Å². The Labute approximate surface area is 405 Å². The molecule has 68 heavy (non-hydrogen) atoms. The molecule has 9 rings (SSSR count). The number of benzene rings is 2. The SMILES string of the molecule is C.C.CCNC(=O)Nc1ccc(-c2nc3c(c(N4CCOCC4)n2)CCN(C(=O)c2cccnc2C)C3)cc1.CCNC(=O)Nc1ccc(-c2nc3c(c(N4CCOCC4)n2)CCNC3)cc1.Cl. The molecule has 2 fully saturated rings. The number of hydrogen-bond acceptors (Lipinski definition) is 13. The number of fused-ring (bicyclic) bond motifs is 2. The first-order chi connectivity index (χ1) is 31.8. The molecule has 18 nitrogen and oxygen atoms in total. The first-order valence-electron chi connectivity index (χ1n) is 22.4. The predicted octanol–water partition coefficient (Wildman–Crippen LogP) is 6.48. The Bertz CT molecular complexity index is 2470. The molecule has 5 N–H and O–H groups in total. The van der Waals surface area contributed by atoms with E-state index in [0.717, 1.165) is 110 Å². The maximum atomic E-state index is 13.3. The van der Waals surface area contributed by atoms with Crippen molar-refractivity contribution < 1.29 is 23.9 Å². The zero-order valence-electron chi connectivity index (χ0n) is 37.7. The fraction of sp³-hybridized carbons (Fsp3) is 0.429. The minimum absolute atomic E-state index is 0. The van der Waals surface area contributed by atoms with Gasteiger partial charge in [0.05, 0.1) is 49.9 Å². The number of nitrogens with one attached hydrogen (secondary N) is 5. The van der Waals surface area contributed by atoms with Crippen molar-refractivity contribution in [3.63, 3.8) is 0 Å². The summed E-state index contributed by atoms with van der Waals surface area (Å²) in [5.41, 5.74) is 8.80. The number of aryl methyl sites for hydroxylation is 1. The molecule has 0 aliphatic carbocycles. The van der Waals surface area contributed by atoms with Crippen molar-refractivity contribution in [2.45, 2.75) is 61.6 Å². The Morgan fingerprint density at radius 1 is 0.662 bits per heavy atom. The number of morpholine rings is 2. The molecule has 7 heterocycles. The number of aromatic nitrogens is 5. The average molecular weight is 953 g/mol. The summed E-state index contributed by atoms with van der Waals surface area (Å²) in [6, 6.07) is 18.3. The average Bonchev–Trinajstić information content (AvgIpc) is 3.34. The van der Waals surface area contributed by atoms with Gasteiger partial charge in [-0.15, -0.1) is 12.4 Å². The smallest absolute Gasteiger partial charge is 0.319 e. The van der Waals surface area contributed by atoms with E-state index in [2.05, 4.69) is 41.4 Å². The Kier molecular flexibility index (Phi) is 19.3. The van der Waals surface area contributed by atoms with Crippen LogP contribution < -0.4 is 36.4 Å². The van der Waals surface area contributed by atoms with Gasteiger partial charge in [0, 0.05) is 97.9 Å². The highest BCUT2D eigenvalue weighted by Crippen LogP contribution is 2.32. The van der Waals surface area contributed by atoms with E-state index < -0.39 is 0 Å². The minimum atomic E-state index is -0.247. The molecular weight excluding hydrogens is 886 g/mol. The van der Waals surface area contributed by atoms with Gasteiger partial charge in [-0.2, -0.15) is 0 Å². The Balaban J connectivity index is 0.000000252. The van der Waals surface area contributed by atoms with Crippen LogP contribution in [0, 0.1) is 6.92 Å². The van der Waals surface area contributed by atoms with Crippen molar-refractivity contribution in [2.24, 2.45) is 0 Å². The van der Waals surface area contributed by atoms with Crippen molar-refractivity contribution >= 4 is 53.4 Å². The highest BCUT2D eigenvalue weighted by atomic mass is 35.5. The molecule has 19 heteroatoms. The molecule has 2 aromatic carbocycles. The lowest BCUT2D eigenvalue weighted by Gasteiger charge is -2.34. The summed E-state index contributed by atoms with van der Waals surface area (Å²) in [6.45, 7) is 15.5. The molecular formula is C49H66ClN13O5. The molecule has 0 radical (unpaired) electrons. The van der Waals surface area contributed by atoms with Crippen LogP contribution >= 0.6 is 12.4 Å². The van der Waals surface area contributed by atoms with E-state index in [-0.39, 0.29) is 45.2 Å². The normalized spacial score (nSPS) is 15.0. The summed E-state index contributed by atoms with van der Waals surface area (Å²) in [4.78, 5) is 67.2. The molecule has 364 valence electrons. The first-order valence-corrected chi connectivity index (χ1v) is 22.4. The molecule has 4 aliphatic heterocycles. The fourth-order valence-corrected chi connectivity index (χ4v) is 8.21. The molecule has 4 aliphatic rings. The number of ether oxygens (including phenoxy) is 2. The van der Waals surface area contributed by atoms with Gasteiger partial charge in [0.15, 0.2) is 11.6 Å². The van der Waals surface area contributed by atoms with E-state index in [1.165, 1.54) is 5.56 Å². The second kappa shape index (κ2) is 25.1. The van der Waals surface area contributed by atoms with E-state index in [1.807, 2.05) is 80.3 Å². The zero-order valence-corrected chi connectivity index (χ0v) is 38.5. The highest BCUT2D eigenvalue weighted by molar-refractivity contribution is 5.95. The van der Waals surface area contributed by atoms with E-state index in [9.17, 15) is 14.4 Å². The second-order valence-electron chi connectivity index (χ2n) is 16.0. The standard InChI is InChI=1S/C27H31N7O3.C20H26N6O2.2CH4.ClH/c1-3-28-27(36)30-20-8-6-19(7-9-20)24-31-23-17-34(26(35)21-5-4-11-29-18(21)2)12-10-22(23)25(32-24)33-13-15-37-16-14-33;1-2-22-20(27)23-15-5-3-14(4-6-15)18-24-17-13-21-8-7-16(17)19(25-18)26-9-11-28-12-10-26;;;/h4-9,11H,3,10,12-17H2,1-2H3,(H2,28,30,36);3-6,21H,2,7-13H2,1H3,(H2,22,23,27);2*1H4;1H. The quantitative estimate of drug-likeness (QED) is 0.107. The van der Waals surface area contributed by atoms with Crippen LogP contribution in [0.1, 0.15) is 67.3 Å². The second-order valence-corrected chi connectivity index (χ2v) is 16.0. The third kappa shape index (κ3) is 12.7. The third-order valence-electron chi connectivity index (χ3n) is 11.6. The molecule has 2 saturated heterocycles. The highest BCUT2D eigenvalue weighted by Gasteiger charge is 2.30. The Morgan fingerprint density at radius 2 is 1.16 bits per heavy atom. The monoisotopic (exact) mass is 951 g/mol. The number of carbonyl (C=O) groups excluding carboxylic acids is 3. The van der Waals surface area contributed by atoms with Crippen LogP contribution in [0.3, 0.4) is 0 Å². The van der Waals surface area contributed by atoms with Crippen molar-refractivity contribution in [1.82, 2.24) is 45.8 Å². The van der Waals surface area contributed by atoms with Gasteiger partial charge in [0.25, 0.3) is 5.91 Å². The van der Waals surface area contributed by atoms with Crippen LogP contribution in [0.4, 0.5) is 32.6 Å². The van der Waals surface area contributed by atoms with E-state index in [0.29, 0.717) is 68.7 Å². The minimum Gasteiger partial charge on any atom is -0.378 e. The summed E-state index contributed by atoms with van der Waals surface area (Å²) in [7, 11) is 0. The Hall–Kier alpha value is -6.47. The summed E-state index contributed by atoms with van der Waals surface area (Å²) >= 11 is 0. The summed E-state index contributed by atoms with van der Waals surface area (Å²) in [6.07, 6.45) is 3.32. The molecule has 0 spiro atoms. The van der Waals surface area contributed by atoms with Crippen molar-refractivity contribution in [3.8, 4) is 22.8 Å². The lowest BCUT2D eigenvalue weighted by Crippen LogP contribution is -2.41. The van der Waals surface area contributed by atoms with Gasteiger partial charge in [0.1, 0.15) is 11.6 Å². The van der Waals surface area contributed by atoms with Gasteiger partial charge in [-0.1, -0.05) is 14.9 Å². The molecule has 0 saturated carbocycles. The maximum Gasteiger partial charge on any atom is 0.319 e. The van der Waals surface area contributed by atoms with E-state index in [1.54, 1.807) is 12.3 Å². The maximum absolute atomic E-state index is 13.3. The van der Waals surface area contributed by atoms with Gasteiger partial charge in [-0.25, -0.2) is 29.5 Å². The molecule has 0 bridgehead atoms. The molecule has 5 amide bonds. The van der Waals surface area contributed by atoms with Crippen LogP contribution in [0.2, 0.25) is 0 Å². The topological polar surface area (TPSA) is 204 Å². The van der Waals surface area contributed by atoms with Crippen molar-refractivity contribution in [2.75, 3.05) is 99.2 Å². The number of anilines is 4. The summed E-state index contributed by atoms with van der Waals surface area (Å²) in [5.74, 6) is 3.22. The number of halogens is 1. The number of hydrogen-bond donors (Lipinski definition) is 5. The lowest BCUT2D eigenvalue weighted by molar-refractivity contribution is 0.0730. The number of rotatable bonds is 9. The summed E-state index contributed by atoms with van der Waals surface area (Å²) in [5, 5.41) is 14.5. The van der Waals surface area contributed by atoms with Gasteiger partial charge < -0.3 is 50.8 Å². The predicted molar refractivity (Wildman–Crippen MR) is 270 cm³/mol. The molecule has 5 aromatic rings. The first kappa shape index (κ1) is 52.5. The van der Waals surface area contributed by atoms with E-state index in [4.69, 9.17) is 29.4 Å². The molecule has 3 aromatic heterocycles. The van der Waals surface area contributed by atoms with E-state index >= 15 is 0 Å². The van der Waals surface area contributed by atoms with Gasteiger partial charge >= 0.3 is 12.1 Å². The molecule has 0 unspecified atom stereocenters. The zero-order chi connectivity index (χ0) is 45.1. The molecule has 0 atom stereocenters. The number of urea groups is 2.